The molecule has 3 amide bonds. The lowest BCUT2D eigenvalue weighted by Crippen LogP contribution is -2.57. The average molecular weight is 390 g/mol. The zero-order valence-electron chi connectivity index (χ0n) is 14.6. The Balaban J connectivity index is 2.65. The first kappa shape index (κ1) is 22.2. The topological polar surface area (TPSA) is 157 Å². The van der Waals surface area contributed by atoms with E-state index in [2.05, 4.69) is 21.3 Å². The molecule has 1 saturated heterocycles. The number of nitrogens with one attached hydrogen (secondary N) is 4. The van der Waals surface area contributed by atoms with E-state index in [1.807, 2.05) is 6.26 Å². The second-order valence-corrected chi connectivity index (χ2v) is 6.83. The van der Waals surface area contributed by atoms with E-state index < -0.39 is 43.0 Å². The lowest BCUT2D eigenvalue weighted by atomic mass is 10.1. The van der Waals surface area contributed by atoms with Crippen molar-refractivity contribution in [2.24, 2.45) is 0 Å². The highest BCUT2D eigenvalue weighted by atomic mass is 32.2. The van der Waals surface area contributed by atoms with E-state index in [0.717, 1.165) is 13.0 Å². The summed E-state index contributed by atoms with van der Waals surface area (Å²) >= 11 is 1.51. The van der Waals surface area contributed by atoms with Crippen LogP contribution in [0.2, 0.25) is 0 Å². The maximum absolute atomic E-state index is 12.4. The van der Waals surface area contributed by atoms with Crippen LogP contribution in [-0.4, -0.2) is 83.7 Å². The molecule has 0 aliphatic carbocycles. The Labute approximate surface area is 155 Å². The van der Waals surface area contributed by atoms with Gasteiger partial charge in [0.05, 0.1) is 12.6 Å². The van der Waals surface area contributed by atoms with Gasteiger partial charge in [0.15, 0.2) is 0 Å². The summed E-state index contributed by atoms with van der Waals surface area (Å²) in [7, 11) is 0. The number of aliphatic hydroxyl groups is 1. The van der Waals surface area contributed by atoms with Crippen LogP contribution in [-0.2, 0) is 19.2 Å². The highest BCUT2D eigenvalue weighted by molar-refractivity contribution is 7.98. The van der Waals surface area contributed by atoms with Crippen LogP contribution in [0, 0.1) is 0 Å². The fraction of sp³-hybridized carbons (Fsp3) is 0.733. The Morgan fingerprint density at radius 1 is 1.19 bits per heavy atom. The minimum Gasteiger partial charge on any atom is -0.480 e. The van der Waals surface area contributed by atoms with E-state index in [1.165, 1.54) is 11.8 Å². The van der Waals surface area contributed by atoms with E-state index in [4.69, 9.17) is 5.11 Å². The molecule has 1 fully saturated rings. The van der Waals surface area contributed by atoms with Crippen molar-refractivity contribution in [3.8, 4) is 0 Å². The van der Waals surface area contributed by atoms with Gasteiger partial charge in [-0.1, -0.05) is 0 Å². The van der Waals surface area contributed by atoms with Gasteiger partial charge in [-0.2, -0.15) is 11.8 Å². The number of hydrogen-bond donors (Lipinski definition) is 6. The molecular formula is C15H26N4O6S. The molecular weight excluding hydrogens is 364 g/mol. The van der Waals surface area contributed by atoms with Crippen molar-refractivity contribution in [3.63, 3.8) is 0 Å². The molecule has 6 N–H and O–H groups in total. The van der Waals surface area contributed by atoms with Crippen LogP contribution in [0.3, 0.4) is 0 Å². The van der Waals surface area contributed by atoms with Gasteiger partial charge < -0.3 is 31.5 Å². The molecule has 0 radical (unpaired) electrons. The molecule has 148 valence electrons. The van der Waals surface area contributed by atoms with Crippen molar-refractivity contribution in [1.29, 1.82) is 0 Å². The van der Waals surface area contributed by atoms with Crippen molar-refractivity contribution in [1.82, 2.24) is 21.3 Å². The summed E-state index contributed by atoms with van der Waals surface area (Å²) < 4.78 is 0. The minimum atomic E-state index is -1.29. The molecule has 1 aliphatic rings. The normalized spacial score (nSPS) is 18.6. The molecule has 0 spiro atoms. The fourth-order valence-electron chi connectivity index (χ4n) is 2.44. The molecule has 3 atom stereocenters. The van der Waals surface area contributed by atoms with Gasteiger partial charge >= 0.3 is 5.97 Å². The molecule has 0 aromatic heterocycles. The Hall–Kier alpha value is -1.85. The van der Waals surface area contributed by atoms with E-state index >= 15 is 0 Å². The Morgan fingerprint density at radius 3 is 2.46 bits per heavy atom. The molecule has 3 unspecified atom stereocenters. The summed E-state index contributed by atoms with van der Waals surface area (Å²) in [6, 6.07) is -2.48. The van der Waals surface area contributed by atoms with Crippen molar-refractivity contribution in [3.05, 3.63) is 0 Å². The van der Waals surface area contributed by atoms with E-state index in [1.54, 1.807) is 0 Å². The van der Waals surface area contributed by atoms with Gasteiger partial charge in [0.2, 0.25) is 17.7 Å². The third-order valence-corrected chi connectivity index (χ3v) is 4.49. The predicted molar refractivity (Wildman–Crippen MR) is 95.6 cm³/mol. The Kier molecular flexibility index (Phi) is 9.99. The maximum Gasteiger partial charge on any atom is 0.322 e. The molecule has 1 rings (SSSR count). The van der Waals surface area contributed by atoms with Crippen LogP contribution in [0.25, 0.3) is 0 Å². The van der Waals surface area contributed by atoms with Crippen molar-refractivity contribution >= 4 is 35.5 Å². The number of carboxylic acids is 1. The molecule has 10 nitrogen and oxygen atoms in total. The van der Waals surface area contributed by atoms with Gasteiger partial charge in [0.25, 0.3) is 0 Å². The third kappa shape index (κ3) is 7.58. The maximum atomic E-state index is 12.4. The summed E-state index contributed by atoms with van der Waals surface area (Å²) in [5.41, 5.74) is 0. The predicted octanol–water partition coefficient (Wildman–Crippen LogP) is -2.35. The minimum absolute atomic E-state index is 0.278. The quantitative estimate of drug-likeness (QED) is 0.229. The van der Waals surface area contributed by atoms with Gasteiger partial charge in [0.1, 0.15) is 18.6 Å². The van der Waals surface area contributed by atoms with Gasteiger partial charge in [-0.15, -0.1) is 0 Å². The van der Waals surface area contributed by atoms with Crippen LogP contribution in [0.5, 0.6) is 0 Å². The van der Waals surface area contributed by atoms with Crippen LogP contribution < -0.4 is 21.3 Å². The average Bonchev–Trinajstić information content (AvgIpc) is 3.15. The number of carbonyl (C=O) groups excluding carboxylic acids is 3. The van der Waals surface area contributed by atoms with Crippen LogP contribution in [0.1, 0.15) is 19.3 Å². The molecule has 11 heteroatoms. The molecule has 0 aromatic rings. The lowest BCUT2D eigenvalue weighted by molar-refractivity contribution is -0.139. The molecule has 1 aliphatic heterocycles. The largest absolute Gasteiger partial charge is 0.480 e. The summed E-state index contributed by atoms with van der Waals surface area (Å²) in [6.45, 7) is -0.564. The summed E-state index contributed by atoms with van der Waals surface area (Å²) in [4.78, 5) is 47.0. The number of thioether (sulfide) groups is 1. The second kappa shape index (κ2) is 11.7. The van der Waals surface area contributed by atoms with Gasteiger partial charge in [-0.05, 0) is 37.8 Å². The van der Waals surface area contributed by atoms with Crippen molar-refractivity contribution in [2.45, 2.75) is 37.4 Å². The molecule has 1 heterocycles. The zero-order chi connectivity index (χ0) is 19.5. The van der Waals surface area contributed by atoms with E-state index in [-0.39, 0.29) is 11.9 Å². The molecule has 0 bridgehead atoms. The Morgan fingerprint density at radius 2 is 1.92 bits per heavy atom. The first-order valence-electron chi connectivity index (χ1n) is 8.32. The summed E-state index contributed by atoms with van der Waals surface area (Å²) in [5, 5.41) is 28.0. The standard InChI is InChI=1S/C15H26N4O6S/c1-26-6-4-10(18-14(24)9-3-2-5-16-9)15(25)19-11(8-20)13(23)17-7-12(21)22/h9-11,16,20H,2-8H2,1H3,(H,17,23)(H,18,24)(H,19,25)(H,21,22). The number of hydrogen-bond acceptors (Lipinski definition) is 7. The Bertz CT molecular complexity index is 512. The first-order valence-corrected chi connectivity index (χ1v) is 9.71. The summed E-state index contributed by atoms with van der Waals surface area (Å²) in [6.07, 6.45) is 3.81. The highest BCUT2D eigenvalue weighted by Gasteiger charge is 2.29. The smallest absolute Gasteiger partial charge is 0.322 e. The highest BCUT2D eigenvalue weighted by Crippen LogP contribution is 2.07. The molecule has 0 saturated carbocycles. The summed E-state index contributed by atoms with van der Waals surface area (Å²) in [5.74, 6) is -2.31. The van der Waals surface area contributed by atoms with E-state index in [0.29, 0.717) is 18.6 Å². The zero-order valence-corrected chi connectivity index (χ0v) is 15.4. The monoisotopic (exact) mass is 390 g/mol. The third-order valence-electron chi connectivity index (χ3n) is 3.85. The van der Waals surface area contributed by atoms with Crippen molar-refractivity contribution in [2.75, 3.05) is 31.7 Å². The molecule has 0 aromatic carbocycles. The van der Waals surface area contributed by atoms with Crippen LogP contribution in [0.15, 0.2) is 0 Å². The second-order valence-electron chi connectivity index (χ2n) is 5.85. The first-order chi connectivity index (χ1) is 12.4. The fourth-order valence-corrected chi connectivity index (χ4v) is 2.91. The van der Waals surface area contributed by atoms with Crippen LogP contribution >= 0.6 is 11.8 Å². The number of rotatable bonds is 11. The number of amides is 3. The van der Waals surface area contributed by atoms with Gasteiger partial charge in [-0.25, -0.2) is 0 Å². The molecule has 26 heavy (non-hydrogen) atoms. The van der Waals surface area contributed by atoms with Crippen LogP contribution in [0.4, 0.5) is 0 Å². The number of aliphatic carboxylic acids is 1. The number of carboxylic acid groups (broad SMARTS) is 1. The lowest BCUT2D eigenvalue weighted by Gasteiger charge is -2.23. The van der Waals surface area contributed by atoms with Gasteiger partial charge in [-0.3, -0.25) is 19.2 Å². The van der Waals surface area contributed by atoms with Gasteiger partial charge in [0, 0.05) is 0 Å². The van der Waals surface area contributed by atoms with Crippen molar-refractivity contribution < 1.29 is 29.4 Å². The number of carbonyl (C=O) groups is 4. The number of aliphatic hydroxyl groups excluding tert-OH is 1. The SMILES string of the molecule is CSCCC(NC(=O)C1CCCN1)C(=O)NC(CO)C(=O)NCC(=O)O. The van der Waals surface area contributed by atoms with E-state index in [9.17, 15) is 24.3 Å².